The number of ether oxygens (including phenoxy) is 2. The predicted octanol–water partition coefficient (Wildman–Crippen LogP) is 1.25. The van der Waals surface area contributed by atoms with E-state index in [2.05, 4.69) is 10.5 Å². The first kappa shape index (κ1) is 12.2. The van der Waals surface area contributed by atoms with Gasteiger partial charge in [-0.1, -0.05) is 13.0 Å². The van der Waals surface area contributed by atoms with Crippen LogP contribution in [0.15, 0.2) is 23.3 Å². The van der Waals surface area contributed by atoms with E-state index >= 15 is 0 Å². The Morgan fingerprint density at radius 2 is 2.33 bits per heavy atom. The SMILES string of the molecule is CC(C=NNC(N)=O)Cc1ccc2c(c1)OCO2. The zero-order valence-corrected chi connectivity index (χ0v) is 10.1. The molecule has 0 saturated carbocycles. The second-order valence-corrected chi connectivity index (χ2v) is 4.12. The summed E-state index contributed by atoms with van der Waals surface area (Å²) in [5, 5.41) is 3.73. The maximum Gasteiger partial charge on any atom is 0.332 e. The number of hydrogen-bond donors (Lipinski definition) is 2. The Morgan fingerprint density at radius 1 is 1.56 bits per heavy atom. The summed E-state index contributed by atoms with van der Waals surface area (Å²) in [5.41, 5.74) is 8.19. The number of nitrogens with one attached hydrogen (secondary N) is 1. The average molecular weight is 249 g/mol. The van der Waals surface area contributed by atoms with E-state index in [1.165, 1.54) is 0 Å². The lowest BCUT2D eigenvalue weighted by molar-refractivity contribution is 0.174. The molecule has 0 bridgehead atoms. The van der Waals surface area contributed by atoms with E-state index in [0.717, 1.165) is 23.5 Å². The average Bonchev–Trinajstić information content (AvgIpc) is 2.75. The fourth-order valence-corrected chi connectivity index (χ4v) is 1.72. The maximum atomic E-state index is 10.4. The van der Waals surface area contributed by atoms with Gasteiger partial charge in [-0.3, -0.25) is 0 Å². The van der Waals surface area contributed by atoms with Crippen LogP contribution in [0.4, 0.5) is 4.79 Å². The van der Waals surface area contributed by atoms with Crippen molar-refractivity contribution in [3.05, 3.63) is 23.8 Å². The molecule has 1 aliphatic heterocycles. The summed E-state index contributed by atoms with van der Waals surface area (Å²) < 4.78 is 10.5. The Bertz CT molecular complexity index is 474. The van der Waals surface area contributed by atoms with Gasteiger partial charge in [0.2, 0.25) is 6.79 Å². The lowest BCUT2D eigenvalue weighted by Crippen LogP contribution is -2.24. The molecule has 0 saturated heterocycles. The van der Waals surface area contributed by atoms with Gasteiger partial charge in [0.15, 0.2) is 11.5 Å². The topological polar surface area (TPSA) is 85.9 Å². The van der Waals surface area contributed by atoms with E-state index in [4.69, 9.17) is 15.2 Å². The molecule has 2 amide bonds. The Labute approximate surface area is 105 Å². The highest BCUT2D eigenvalue weighted by atomic mass is 16.7. The summed E-state index contributed by atoms with van der Waals surface area (Å²) in [6.45, 7) is 2.27. The van der Waals surface area contributed by atoms with E-state index in [-0.39, 0.29) is 12.7 Å². The molecule has 6 heteroatoms. The number of benzene rings is 1. The van der Waals surface area contributed by atoms with Crippen LogP contribution in [0.1, 0.15) is 12.5 Å². The fraction of sp³-hybridized carbons (Fsp3) is 0.333. The monoisotopic (exact) mass is 249 g/mol. The molecule has 1 atom stereocenters. The number of primary amides is 1. The van der Waals surface area contributed by atoms with Crippen molar-refractivity contribution in [2.75, 3.05) is 6.79 Å². The predicted molar refractivity (Wildman–Crippen MR) is 66.6 cm³/mol. The summed E-state index contributed by atoms with van der Waals surface area (Å²) in [5.74, 6) is 1.72. The van der Waals surface area contributed by atoms with Crippen LogP contribution in [0.3, 0.4) is 0 Å². The summed E-state index contributed by atoms with van der Waals surface area (Å²) in [6, 6.07) is 5.16. The molecule has 0 aliphatic carbocycles. The lowest BCUT2D eigenvalue weighted by Gasteiger charge is -2.06. The van der Waals surface area contributed by atoms with Crippen molar-refractivity contribution in [1.29, 1.82) is 0 Å². The Kier molecular flexibility index (Phi) is 3.66. The smallest absolute Gasteiger partial charge is 0.332 e. The van der Waals surface area contributed by atoms with Crippen molar-refractivity contribution in [3.63, 3.8) is 0 Å². The minimum Gasteiger partial charge on any atom is -0.454 e. The molecule has 3 N–H and O–H groups in total. The second kappa shape index (κ2) is 5.39. The van der Waals surface area contributed by atoms with Crippen molar-refractivity contribution in [2.45, 2.75) is 13.3 Å². The third-order valence-electron chi connectivity index (χ3n) is 2.50. The van der Waals surface area contributed by atoms with Crippen LogP contribution < -0.4 is 20.6 Å². The minimum atomic E-state index is -0.665. The normalized spacial score (nSPS) is 14.7. The zero-order valence-electron chi connectivity index (χ0n) is 10.1. The van der Waals surface area contributed by atoms with Crippen molar-refractivity contribution in [1.82, 2.24) is 5.43 Å². The number of amides is 2. The standard InChI is InChI=1S/C12H15N3O3/c1-8(6-14-15-12(13)16)4-9-2-3-10-11(5-9)18-7-17-10/h2-3,5-6,8H,4,7H2,1H3,(H3,13,15,16). The van der Waals surface area contributed by atoms with Gasteiger partial charge in [0.1, 0.15) is 0 Å². The quantitative estimate of drug-likeness (QED) is 0.622. The summed E-state index contributed by atoms with van der Waals surface area (Å²) in [6.07, 6.45) is 2.44. The molecular formula is C12H15N3O3. The van der Waals surface area contributed by atoms with E-state index in [9.17, 15) is 4.79 Å². The van der Waals surface area contributed by atoms with Crippen LogP contribution >= 0.6 is 0 Å². The van der Waals surface area contributed by atoms with Gasteiger partial charge >= 0.3 is 6.03 Å². The highest BCUT2D eigenvalue weighted by Crippen LogP contribution is 2.32. The molecule has 6 nitrogen and oxygen atoms in total. The summed E-state index contributed by atoms with van der Waals surface area (Å²) in [7, 11) is 0. The van der Waals surface area contributed by atoms with E-state index in [1.54, 1.807) is 6.21 Å². The number of nitrogens with two attached hydrogens (primary N) is 1. The van der Waals surface area contributed by atoms with Gasteiger partial charge in [-0.2, -0.15) is 5.10 Å². The van der Waals surface area contributed by atoms with Crippen molar-refractivity contribution < 1.29 is 14.3 Å². The van der Waals surface area contributed by atoms with Gasteiger partial charge in [-0.15, -0.1) is 0 Å². The number of nitrogens with zero attached hydrogens (tertiary/aromatic N) is 1. The molecule has 0 spiro atoms. The minimum absolute atomic E-state index is 0.178. The number of hydrogen-bond acceptors (Lipinski definition) is 4. The molecule has 1 heterocycles. The van der Waals surface area contributed by atoms with Gasteiger partial charge in [-0.05, 0) is 30.0 Å². The van der Waals surface area contributed by atoms with Crippen LogP contribution in [0, 0.1) is 5.92 Å². The van der Waals surface area contributed by atoms with Gasteiger partial charge < -0.3 is 15.2 Å². The fourth-order valence-electron chi connectivity index (χ4n) is 1.72. The molecule has 1 aromatic rings. The first-order valence-electron chi connectivity index (χ1n) is 5.62. The van der Waals surface area contributed by atoms with Gasteiger partial charge in [0.25, 0.3) is 0 Å². The molecular weight excluding hydrogens is 234 g/mol. The molecule has 1 aliphatic rings. The molecule has 0 radical (unpaired) electrons. The highest BCUT2D eigenvalue weighted by molar-refractivity contribution is 5.73. The number of hydrazone groups is 1. The Balaban J connectivity index is 1.93. The molecule has 0 aromatic heterocycles. The third kappa shape index (κ3) is 3.13. The molecule has 1 aromatic carbocycles. The van der Waals surface area contributed by atoms with Gasteiger partial charge in [-0.25, -0.2) is 10.2 Å². The lowest BCUT2D eigenvalue weighted by atomic mass is 10.0. The third-order valence-corrected chi connectivity index (χ3v) is 2.50. The van der Waals surface area contributed by atoms with Crippen LogP contribution in [0.25, 0.3) is 0 Å². The number of urea groups is 1. The van der Waals surface area contributed by atoms with Crippen LogP contribution in [-0.2, 0) is 6.42 Å². The largest absolute Gasteiger partial charge is 0.454 e. The number of carbonyl (C=O) groups is 1. The van der Waals surface area contributed by atoms with Crippen molar-refractivity contribution in [2.24, 2.45) is 16.8 Å². The van der Waals surface area contributed by atoms with Crippen LogP contribution in [0.2, 0.25) is 0 Å². The first-order valence-corrected chi connectivity index (χ1v) is 5.62. The Hall–Kier alpha value is -2.24. The Morgan fingerprint density at radius 3 is 3.11 bits per heavy atom. The molecule has 96 valence electrons. The molecule has 0 fully saturated rings. The first-order chi connectivity index (χ1) is 8.65. The van der Waals surface area contributed by atoms with Crippen LogP contribution in [-0.4, -0.2) is 19.0 Å². The maximum absolute atomic E-state index is 10.4. The van der Waals surface area contributed by atoms with Crippen LogP contribution in [0.5, 0.6) is 11.5 Å². The highest BCUT2D eigenvalue weighted by Gasteiger charge is 2.13. The second-order valence-electron chi connectivity index (χ2n) is 4.12. The van der Waals surface area contributed by atoms with Crippen molar-refractivity contribution >= 4 is 12.2 Å². The van der Waals surface area contributed by atoms with E-state index in [0.29, 0.717) is 0 Å². The van der Waals surface area contributed by atoms with Gasteiger partial charge in [0, 0.05) is 6.21 Å². The van der Waals surface area contributed by atoms with Crippen molar-refractivity contribution in [3.8, 4) is 11.5 Å². The number of carbonyl (C=O) groups excluding carboxylic acids is 1. The zero-order chi connectivity index (χ0) is 13.0. The summed E-state index contributed by atoms with van der Waals surface area (Å²) >= 11 is 0. The van der Waals surface area contributed by atoms with E-state index in [1.807, 2.05) is 25.1 Å². The van der Waals surface area contributed by atoms with Gasteiger partial charge in [0.05, 0.1) is 0 Å². The number of fused-ring (bicyclic) bond motifs is 1. The van der Waals surface area contributed by atoms with E-state index < -0.39 is 6.03 Å². The molecule has 1 unspecified atom stereocenters. The molecule has 2 rings (SSSR count). The molecule has 18 heavy (non-hydrogen) atoms. The summed E-state index contributed by atoms with van der Waals surface area (Å²) in [4.78, 5) is 10.4. The number of rotatable bonds is 4.